The number of hydrogen-bond acceptors (Lipinski definition) is 7. The van der Waals surface area contributed by atoms with Crippen LogP contribution in [0.2, 0.25) is 0 Å². The van der Waals surface area contributed by atoms with Crippen molar-refractivity contribution in [3.8, 4) is 10.8 Å². The maximum atomic E-state index is 4.69. The second kappa shape index (κ2) is 6.64. The zero-order valence-corrected chi connectivity index (χ0v) is 14.4. The van der Waals surface area contributed by atoms with Gasteiger partial charge < -0.3 is 9.47 Å². The zero-order valence-electron chi connectivity index (χ0n) is 13.5. The molecule has 0 unspecified atom stereocenters. The molecule has 0 radical (unpaired) electrons. The first-order valence-corrected chi connectivity index (χ1v) is 8.98. The van der Waals surface area contributed by atoms with E-state index in [9.17, 15) is 0 Å². The van der Waals surface area contributed by atoms with Crippen LogP contribution in [0.3, 0.4) is 0 Å². The average Bonchev–Trinajstić information content (AvgIpc) is 3.28. The first kappa shape index (κ1) is 15.2. The van der Waals surface area contributed by atoms with E-state index in [1.54, 1.807) is 23.9 Å². The number of aryl methyl sites for hydroxylation is 1. The average molecular weight is 341 g/mol. The Labute approximate surface area is 144 Å². The molecule has 3 aromatic rings. The van der Waals surface area contributed by atoms with Gasteiger partial charge in [-0.2, -0.15) is 0 Å². The predicted molar refractivity (Wildman–Crippen MR) is 92.8 cm³/mol. The summed E-state index contributed by atoms with van der Waals surface area (Å²) < 4.78 is 2.01. The smallest absolute Gasteiger partial charge is 0.190 e. The fraction of sp³-hybridized carbons (Fsp3) is 0.438. The van der Waals surface area contributed by atoms with Gasteiger partial charge in [0.25, 0.3) is 0 Å². The van der Waals surface area contributed by atoms with Crippen LogP contribution in [0.1, 0.15) is 18.7 Å². The molecule has 24 heavy (non-hydrogen) atoms. The Morgan fingerprint density at radius 2 is 2.08 bits per heavy atom. The van der Waals surface area contributed by atoms with E-state index in [4.69, 9.17) is 4.98 Å². The second-order valence-corrected chi connectivity index (χ2v) is 6.96. The number of thiazole rings is 1. The lowest BCUT2D eigenvalue weighted by molar-refractivity contribution is 0.392. The Bertz CT molecular complexity index is 790. The summed E-state index contributed by atoms with van der Waals surface area (Å²) >= 11 is 1.57. The third-order valence-electron chi connectivity index (χ3n) is 4.48. The van der Waals surface area contributed by atoms with Crippen LogP contribution in [-0.4, -0.2) is 42.8 Å². The molecule has 0 aliphatic carbocycles. The molecule has 8 heteroatoms. The summed E-state index contributed by atoms with van der Waals surface area (Å²) in [6.07, 6.45) is 8.66. The van der Waals surface area contributed by atoms with Crippen LogP contribution in [0.4, 0.5) is 5.82 Å². The van der Waals surface area contributed by atoms with Crippen LogP contribution >= 0.6 is 11.3 Å². The molecule has 0 spiro atoms. The summed E-state index contributed by atoms with van der Waals surface area (Å²) in [4.78, 5) is 15.7. The van der Waals surface area contributed by atoms with Crippen molar-refractivity contribution in [2.24, 2.45) is 13.0 Å². The fourth-order valence-corrected chi connectivity index (χ4v) is 3.65. The normalized spacial score (nSPS) is 15.8. The molecule has 7 nitrogen and oxygen atoms in total. The van der Waals surface area contributed by atoms with E-state index in [0.717, 1.165) is 49.0 Å². The van der Waals surface area contributed by atoms with Crippen molar-refractivity contribution in [3.05, 3.63) is 36.0 Å². The minimum absolute atomic E-state index is 0.657. The first-order chi connectivity index (χ1) is 11.8. The summed E-state index contributed by atoms with van der Waals surface area (Å²) in [6, 6.07) is 1.99. The molecule has 0 amide bonds. The number of rotatable bonds is 4. The van der Waals surface area contributed by atoms with E-state index in [1.807, 2.05) is 29.3 Å². The minimum atomic E-state index is 0.657. The Morgan fingerprint density at radius 3 is 2.79 bits per heavy atom. The Balaban J connectivity index is 1.41. The molecule has 1 aliphatic heterocycles. The van der Waals surface area contributed by atoms with Gasteiger partial charge in [-0.25, -0.2) is 15.0 Å². The Morgan fingerprint density at radius 1 is 1.21 bits per heavy atom. The maximum Gasteiger partial charge on any atom is 0.190 e. The molecule has 4 rings (SSSR count). The van der Waals surface area contributed by atoms with Crippen molar-refractivity contribution in [2.75, 3.05) is 18.0 Å². The van der Waals surface area contributed by atoms with E-state index in [2.05, 4.69) is 25.1 Å². The lowest BCUT2D eigenvalue weighted by Crippen LogP contribution is -2.35. The van der Waals surface area contributed by atoms with Crippen LogP contribution in [0.15, 0.2) is 30.2 Å². The molecule has 4 heterocycles. The molecule has 0 aromatic carbocycles. The summed E-state index contributed by atoms with van der Waals surface area (Å²) in [7, 11) is 2.01. The zero-order chi connectivity index (χ0) is 16.4. The number of hydrogen-bond donors (Lipinski definition) is 0. The molecule has 1 aliphatic rings. The lowest BCUT2D eigenvalue weighted by atomic mass is 9.93. The van der Waals surface area contributed by atoms with E-state index >= 15 is 0 Å². The molecule has 0 N–H and O–H groups in total. The van der Waals surface area contributed by atoms with Gasteiger partial charge in [-0.3, -0.25) is 0 Å². The quantitative estimate of drug-likeness (QED) is 0.724. The molecular formula is C16H19N7S. The highest BCUT2D eigenvalue weighted by Crippen LogP contribution is 2.25. The molecule has 124 valence electrons. The fourth-order valence-electron chi connectivity index (χ4n) is 3.08. The standard InChI is InChI=1S/C16H19N7S/c1-22-11-19-21-14(22)10-12-3-7-23(8-4-12)13-2-5-17-15(20-13)16-18-6-9-24-16/h2,5-6,9,11-12H,3-4,7-8,10H2,1H3. The van der Waals surface area contributed by atoms with Gasteiger partial charge in [-0.05, 0) is 24.8 Å². The number of anilines is 1. The third-order valence-corrected chi connectivity index (χ3v) is 5.25. The van der Waals surface area contributed by atoms with Crippen molar-refractivity contribution in [1.82, 2.24) is 29.7 Å². The predicted octanol–water partition coefficient (Wildman–Crippen LogP) is 2.19. The van der Waals surface area contributed by atoms with Crippen LogP contribution in [0, 0.1) is 5.92 Å². The third kappa shape index (κ3) is 3.14. The highest BCUT2D eigenvalue weighted by Gasteiger charge is 2.22. The van der Waals surface area contributed by atoms with Gasteiger partial charge >= 0.3 is 0 Å². The SMILES string of the molecule is Cn1cnnc1CC1CCN(c2ccnc(-c3nccs3)n2)CC1. The topological polar surface area (TPSA) is 72.6 Å². The maximum absolute atomic E-state index is 4.69. The Kier molecular flexibility index (Phi) is 4.20. The van der Waals surface area contributed by atoms with Crippen LogP contribution in [0.5, 0.6) is 0 Å². The van der Waals surface area contributed by atoms with Crippen LogP contribution in [0.25, 0.3) is 10.8 Å². The van der Waals surface area contributed by atoms with Crippen LogP contribution in [-0.2, 0) is 13.5 Å². The monoisotopic (exact) mass is 341 g/mol. The van der Waals surface area contributed by atoms with Gasteiger partial charge in [0.05, 0.1) is 0 Å². The minimum Gasteiger partial charge on any atom is -0.356 e. The summed E-state index contributed by atoms with van der Waals surface area (Å²) in [5.41, 5.74) is 0. The van der Waals surface area contributed by atoms with E-state index in [1.165, 1.54) is 0 Å². The van der Waals surface area contributed by atoms with Crippen LogP contribution < -0.4 is 4.90 Å². The molecule has 1 fully saturated rings. The van der Waals surface area contributed by atoms with Crippen molar-refractivity contribution in [1.29, 1.82) is 0 Å². The van der Waals surface area contributed by atoms with E-state index in [-0.39, 0.29) is 0 Å². The molecule has 1 saturated heterocycles. The van der Waals surface area contributed by atoms with E-state index in [0.29, 0.717) is 11.7 Å². The summed E-state index contributed by atoms with van der Waals surface area (Å²) in [5.74, 6) is 3.43. The molecule has 0 atom stereocenters. The lowest BCUT2D eigenvalue weighted by Gasteiger charge is -2.32. The molecule has 0 bridgehead atoms. The van der Waals surface area contributed by atoms with Crippen molar-refractivity contribution >= 4 is 17.2 Å². The molecular weight excluding hydrogens is 322 g/mol. The van der Waals surface area contributed by atoms with Crippen molar-refractivity contribution in [3.63, 3.8) is 0 Å². The highest BCUT2D eigenvalue weighted by atomic mass is 32.1. The summed E-state index contributed by atoms with van der Waals surface area (Å²) in [5, 5.41) is 11.0. The largest absolute Gasteiger partial charge is 0.356 e. The second-order valence-electron chi connectivity index (χ2n) is 6.07. The molecule has 3 aromatic heterocycles. The van der Waals surface area contributed by atoms with Gasteiger partial charge in [-0.1, -0.05) is 0 Å². The number of nitrogens with zero attached hydrogens (tertiary/aromatic N) is 7. The first-order valence-electron chi connectivity index (χ1n) is 8.10. The summed E-state index contributed by atoms with van der Waals surface area (Å²) in [6.45, 7) is 2.02. The van der Waals surface area contributed by atoms with Crippen molar-refractivity contribution in [2.45, 2.75) is 19.3 Å². The van der Waals surface area contributed by atoms with E-state index < -0.39 is 0 Å². The number of aromatic nitrogens is 6. The highest BCUT2D eigenvalue weighted by molar-refractivity contribution is 7.12. The van der Waals surface area contributed by atoms with Gasteiger partial charge in [0.2, 0.25) is 0 Å². The molecule has 0 saturated carbocycles. The van der Waals surface area contributed by atoms with Gasteiger partial charge in [0.15, 0.2) is 10.8 Å². The Hall–Kier alpha value is -2.35. The number of piperidine rings is 1. The van der Waals surface area contributed by atoms with Gasteiger partial charge in [0, 0.05) is 44.3 Å². The van der Waals surface area contributed by atoms with Gasteiger partial charge in [0.1, 0.15) is 18.0 Å². The van der Waals surface area contributed by atoms with Gasteiger partial charge in [-0.15, -0.1) is 21.5 Å². The van der Waals surface area contributed by atoms with Crippen molar-refractivity contribution < 1.29 is 0 Å².